The molecule has 0 atom stereocenters. The molecule has 206 valence electrons. The van der Waals surface area contributed by atoms with Crippen molar-refractivity contribution in [2.45, 2.75) is 52.7 Å². The van der Waals surface area contributed by atoms with Gasteiger partial charge in [0, 0.05) is 30.3 Å². The molecule has 1 heterocycles. The first-order chi connectivity index (χ1) is 18.8. The molecule has 1 saturated carbocycles. The first-order valence-electron chi connectivity index (χ1n) is 13.3. The Kier molecular flexibility index (Phi) is 9.52. The van der Waals surface area contributed by atoms with Crippen molar-refractivity contribution in [3.8, 4) is 22.8 Å². The number of rotatable bonds is 13. The highest BCUT2D eigenvalue weighted by Crippen LogP contribution is 2.32. The van der Waals surface area contributed by atoms with Gasteiger partial charge in [0.1, 0.15) is 12.4 Å². The third-order valence-corrected chi connectivity index (χ3v) is 6.54. The third kappa shape index (κ3) is 8.02. The van der Waals surface area contributed by atoms with Gasteiger partial charge in [0.15, 0.2) is 11.6 Å². The molecule has 0 unspecified atom stereocenters. The number of carbonyl (C=O) groups excluding carboxylic acids is 2. The number of pyridine rings is 1. The molecular weight excluding hydrogens is 499 g/mol. The molecule has 0 saturated heterocycles. The molecule has 2 aromatic carbocycles. The van der Waals surface area contributed by atoms with Crippen LogP contribution in [0.4, 0.5) is 4.39 Å². The molecule has 1 amide bonds. The average molecular weight is 535 g/mol. The van der Waals surface area contributed by atoms with Gasteiger partial charge < -0.3 is 19.5 Å². The van der Waals surface area contributed by atoms with Crippen molar-refractivity contribution in [2.24, 2.45) is 11.8 Å². The first-order valence-corrected chi connectivity index (χ1v) is 13.3. The number of hydrogen-bond acceptors (Lipinski definition) is 6. The summed E-state index contributed by atoms with van der Waals surface area (Å²) in [6.07, 6.45) is 5.03. The highest BCUT2D eigenvalue weighted by molar-refractivity contribution is 5.98. The molecule has 7 nitrogen and oxygen atoms in total. The van der Waals surface area contributed by atoms with Gasteiger partial charge in [0.05, 0.1) is 25.0 Å². The van der Waals surface area contributed by atoms with E-state index in [1.54, 1.807) is 30.5 Å². The van der Waals surface area contributed by atoms with Crippen LogP contribution in [0.25, 0.3) is 11.3 Å². The summed E-state index contributed by atoms with van der Waals surface area (Å²) < 4.78 is 30.6. The second-order valence-corrected chi connectivity index (χ2v) is 10.2. The molecule has 8 heteroatoms. The fraction of sp³-hybridized carbons (Fsp3) is 0.387. The van der Waals surface area contributed by atoms with Gasteiger partial charge in [-0.05, 0) is 73.1 Å². The van der Waals surface area contributed by atoms with Crippen molar-refractivity contribution in [2.75, 3.05) is 13.7 Å². The van der Waals surface area contributed by atoms with Gasteiger partial charge in [-0.1, -0.05) is 26.0 Å². The van der Waals surface area contributed by atoms with Crippen LogP contribution in [0, 0.1) is 17.7 Å². The standard InChI is InChI=1S/C31H35FN2O5/c1-20(2)6-13-29(35)39-19-24-5-4-14-33-30(24)23-10-12-27(38-18-21-7-8-21)25(16-23)31(36)34-17-22-9-11-28(37-3)26(32)15-22/h4-5,9-12,14-16,20-21H,6-8,13,17-19H2,1-3H3,(H,34,36). The molecule has 1 N–H and O–H groups in total. The van der Waals surface area contributed by atoms with Gasteiger partial charge >= 0.3 is 5.97 Å². The van der Waals surface area contributed by atoms with Gasteiger partial charge in [-0.3, -0.25) is 14.6 Å². The quantitative estimate of drug-likeness (QED) is 0.267. The maximum absolute atomic E-state index is 14.1. The number of nitrogens with one attached hydrogen (secondary N) is 1. The topological polar surface area (TPSA) is 86.8 Å². The maximum atomic E-state index is 14.1. The molecule has 0 radical (unpaired) electrons. The van der Waals surface area contributed by atoms with Crippen molar-refractivity contribution in [1.29, 1.82) is 0 Å². The van der Waals surface area contributed by atoms with Crippen LogP contribution in [0.3, 0.4) is 0 Å². The summed E-state index contributed by atoms with van der Waals surface area (Å²) in [7, 11) is 1.40. The molecule has 0 bridgehead atoms. The van der Waals surface area contributed by atoms with Crippen molar-refractivity contribution < 1.29 is 28.2 Å². The first kappa shape index (κ1) is 28.1. The molecule has 1 aliphatic rings. The van der Waals surface area contributed by atoms with Crippen LogP contribution in [-0.2, 0) is 22.7 Å². The average Bonchev–Trinajstić information content (AvgIpc) is 3.77. The Bertz CT molecular complexity index is 1310. The van der Waals surface area contributed by atoms with Crippen LogP contribution < -0.4 is 14.8 Å². The number of esters is 1. The van der Waals surface area contributed by atoms with E-state index >= 15 is 0 Å². The van der Waals surface area contributed by atoms with Crippen LogP contribution in [0.5, 0.6) is 11.5 Å². The van der Waals surface area contributed by atoms with Gasteiger partial charge in [0.2, 0.25) is 0 Å². The molecule has 0 spiro atoms. The molecule has 4 rings (SSSR count). The number of ether oxygens (including phenoxy) is 3. The number of methoxy groups -OCH3 is 1. The van der Waals surface area contributed by atoms with E-state index in [4.69, 9.17) is 14.2 Å². The maximum Gasteiger partial charge on any atom is 0.306 e. The fourth-order valence-corrected chi connectivity index (χ4v) is 4.02. The largest absolute Gasteiger partial charge is 0.494 e. The number of amides is 1. The molecular formula is C31H35FN2O5. The van der Waals surface area contributed by atoms with Gasteiger partial charge in [-0.25, -0.2) is 4.39 Å². The summed E-state index contributed by atoms with van der Waals surface area (Å²) in [5.41, 5.74) is 3.01. The van der Waals surface area contributed by atoms with Crippen LogP contribution in [0.15, 0.2) is 54.7 Å². The lowest BCUT2D eigenvalue weighted by atomic mass is 10.0. The van der Waals surface area contributed by atoms with Gasteiger partial charge in [-0.15, -0.1) is 0 Å². The predicted molar refractivity (Wildman–Crippen MR) is 146 cm³/mol. The molecule has 3 aromatic rings. The Morgan fingerprint density at radius 2 is 1.90 bits per heavy atom. The lowest BCUT2D eigenvalue weighted by Crippen LogP contribution is -2.24. The Hall–Kier alpha value is -3.94. The summed E-state index contributed by atoms with van der Waals surface area (Å²) in [6, 6.07) is 13.6. The molecule has 39 heavy (non-hydrogen) atoms. The van der Waals surface area contributed by atoms with E-state index < -0.39 is 5.82 Å². The highest BCUT2D eigenvalue weighted by atomic mass is 19.1. The number of hydrogen-bond donors (Lipinski definition) is 1. The van der Waals surface area contributed by atoms with Gasteiger partial charge in [0.25, 0.3) is 5.91 Å². The van der Waals surface area contributed by atoms with E-state index in [0.717, 1.165) is 24.8 Å². The number of benzene rings is 2. The minimum absolute atomic E-state index is 0.0879. The van der Waals surface area contributed by atoms with Crippen molar-refractivity contribution in [3.63, 3.8) is 0 Å². The van der Waals surface area contributed by atoms with Crippen LogP contribution in [0.2, 0.25) is 0 Å². The Balaban J connectivity index is 1.53. The molecule has 1 aromatic heterocycles. The predicted octanol–water partition coefficient (Wildman–Crippen LogP) is 6.09. The fourth-order valence-electron chi connectivity index (χ4n) is 4.02. The minimum Gasteiger partial charge on any atom is -0.494 e. The normalized spacial score (nSPS) is 12.7. The van der Waals surface area contributed by atoms with E-state index in [1.165, 1.54) is 19.2 Å². The summed E-state index contributed by atoms with van der Waals surface area (Å²) in [5, 5.41) is 2.86. The number of aromatic nitrogens is 1. The Morgan fingerprint density at radius 1 is 1.10 bits per heavy atom. The smallest absolute Gasteiger partial charge is 0.306 e. The summed E-state index contributed by atoms with van der Waals surface area (Å²) in [6.45, 7) is 4.89. The van der Waals surface area contributed by atoms with Crippen LogP contribution in [-0.4, -0.2) is 30.6 Å². The molecule has 1 aliphatic carbocycles. The van der Waals surface area contributed by atoms with E-state index in [-0.39, 0.29) is 30.8 Å². The zero-order valence-corrected chi connectivity index (χ0v) is 22.7. The zero-order valence-electron chi connectivity index (χ0n) is 22.7. The SMILES string of the molecule is COc1ccc(CNC(=O)c2cc(-c3ncccc3COC(=O)CCC(C)C)ccc2OCC2CC2)cc1F. The lowest BCUT2D eigenvalue weighted by Gasteiger charge is -2.15. The monoisotopic (exact) mass is 534 g/mol. The van der Waals surface area contributed by atoms with Gasteiger partial charge in [-0.2, -0.15) is 0 Å². The lowest BCUT2D eigenvalue weighted by molar-refractivity contribution is -0.145. The van der Waals surface area contributed by atoms with E-state index in [9.17, 15) is 14.0 Å². The summed E-state index contributed by atoms with van der Waals surface area (Å²) >= 11 is 0. The second kappa shape index (κ2) is 13.2. The minimum atomic E-state index is -0.493. The number of carbonyl (C=O) groups is 2. The van der Waals surface area contributed by atoms with Crippen molar-refractivity contribution in [3.05, 3.63) is 77.2 Å². The van der Waals surface area contributed by atoms with Crippen LogP contribution in [0.1, 0.15) is 61.0 Å². The van der Waals surface area contributed by atoms with E-state index in [0.29, 0.717) is 53.0 Å². The Morgan fingerprint density at radius 3 is 2.62 bits per heavy atom. The Labute approximate surface area is 228 Å². The van der Waals surface area contributed by atoms with Crippen molar-refractivity contribution >= 4 is 11.9 Å². The number of halogens is 1. The summed E-state index contributed by atoms with van der Waals surface area (Å²) in [5.74, 6) is 0.448. The molecule has 0 aliphatic heterocycles. The third-order valence-electron chi connectivity index (χ3n) is 6.54. The van der Waals surface area contributed by atoms with E-state index in [2.05, 4.69) is 24.1 Å². The van der Waals surface area contributed by atoms with Crippen molar-refractivity contribution in [1.82, 2.24) is 10.3 Å². The second-order valence-electron chi connectivity index (χ2n) is 10.2. The van der Waals surface area contributed by atoms with E-state index in [1.807, 2.05) is 12.1 Å². The highest BCUT2D eigenvalue weighted by Gasteiger charge is 2.24. The van der Waals surface area contributed by atoms with Crippen LogP contribution >= 0.6 is 0 Å². The number of nitrogens with zero attached hydrogens (tertiary/aromatic N) is 1. The zero-order chi connectivity index (χ0) is 27.8. The summed E-state index contributed by atoms with van der Waals surface area (Å²) in [4.78, 5) is 30.0. The molecule has 1 fully saturated rings.